The number of rotatable bonds is 3. The van der Waals surface area contributed by atoms with Gasteiger partial charge in [-0.3, -0.25) is 4.98 Å². The number of nitrogen functional groups attached to an aromatic ring is 1. The van der Waals surface area contributed by atoms with Crippen LogP contribution in [0.15, 0.2) is 24.3 Å². The zero-order valence-corrected chi connectivity index (χ0v) is 12.1. The van der Waals surface area contributed by atoms with Gasteiger partial charge in [0.15, 0.2) is 0 Å². The standard InChI is InChI=1S/C16H21N3O/c1-3-20-13-6-7-19(10-13)16-8-11(2)18-15-9-12(17)4-5-14(15)16/h4-5,8-9,13H,3,6-7,10,17H2,1-2H3/t13-/m0/s1. The summed E-state index contributed by atoms with van der Waals surface area (Å²) in [5.74, 6) is 0. The molecule has 1 aromatic heterocycles. The topological polar surface area (TPSA) is 51.4 Å². The van der Waals surface area contributed by atoms with E-state index >= 15 is 0 Å². The third-order valence-corrected chi connectivity index (χ3v) is 3.83. The van der Waals surface area contributed by atoms with E-state index in [2.05, 4.69) is 28.9 Å². The van der Waals surface area contributed by atoms with Crippen molar-refractivity contribution in [2.75, 3.05) is 30.3 Å². The molecule has 1 atom stereocenters. The van der Waals surface area contributed by atoms with Crippen LogP contribution in [0.4, 0.5) is 11.4 Å². The van der Waals surface area contributed by atoms with Crippen molar-refractivity contribution in [1.82, 2.24) is 4.98 Å². The molecule has 1 saturated heterocycles. The highest BCUT2D eigenvalue weighted by Gasteiger charge is 2.24. The van der Waals surface area contributed by atoms with Crippen molar-refractivity contribution >= 4 is 22.3 Å². The van der Waals surface area contributed by atoms with Crippen molar-refractivity contribution in [1.29, 1.82) is 0 Å². The van der Waals surface area contributed by atoms with Crippen LogP contribution in [0.25, 0.3) is 10.9 Å². The number of anilines is 2. The Labute approximate surface area is 119 Å². The molecule has 0 amide bonds. The molecule has 2 heterocycles. The van der Waals surface area contributed by atoms with Crippen LogP contribution in [0.3, 0.4) is 0 Å². The quantitative estimate of drug-likeness (QED) is 0.872. The van der Waals surface area contributed by atoms with Crippen LogP contribution in [0.1, 0.15) is 19.0 Å². The second-order valence-electron chi connectivity index (χ2n) is 5.37. The van der Waals surface area contributed by atoms with Gasteiger partial charge in [0, 0.05) is 42.2 Å². The van der Waals surface area contributed by atoms with Crippen molar-refractivity contribution in [2.45, 2.75) is 26.4 Å². The van der Waals surface area contributed by atoms with E-state index in [-0.39, 0.29) is 0 Å². The first-order valence-corrected chi connectivity index (χ1v) is 7.21. The highest BCUT2D eigenvalue weighted by Crippen LogP contribution is 2.31. The van der Waals surface area contributed by atoms with E-state index < -0.39 is 0 Å². The Morgan fingerprint density at radius 3 is 3.05 bits per heavy atom. The van der Waals surface area contributed by atoms with Gasteiger partial charge in [0.1, 0.15) is 0 Å². The van der Waals surface area contributed by atoms with Crippen LogP contribution in [-0.2, 0) is 4.74 Å². The molecule has 106 valence electrons. The average Bonchev–Trinajstić information content (AvgIpc) is 2.86. The van der Waals surface area contributed by atoms with Gasteiger partial charge < -0.3 is 15.4 Å². The molecule has 4 heteroatoms. The molecule has 0 radical (unpaired) electrons. The highest BCUT2D eigenvalue weighted by atomic mass is 16.5. The number of nitrogens with two attached hydrogens (primary N) is 1. The zero-order valence-electron chi connectivity index (χ0n) is 12.1. The summed E-state index contributed by atoms with van der Waals surface area (Å²) in [7, 11) is 0. The number of fused-ring (bicyclic) bond motifs is 1. The number of benzene rings is 1. The lowest BCUT2D eigenvalue weighted by Crippen LogP contribution is -2.23. The lowest BCUT2D eigenvalue weighted by atomic mass is 10.1. The molecule has 1 aliphatic heterocycles. The Balaban J connectivity index is 1.99. The smallest absolute Gasteiger partial charge is 0.0766 e. The first-order valence-electron chi connectivity index (χ1n) is 7.21. The zero-order chi connectivity index (χ0) is 14.1. The number of pyridine rings is 1. The van der Waals surface area contributed by atoms with E-state index in [1.807, 2.05) is 19.1 Å². The number of aryl methyl sites for hydroxylation is 1. The molecule has 20 heavy (non-hydrogen) atoms. The summed E-state index contributed by atoms with van der Waals surface area (Å²) in [5.41, 5.74) is 9.87. The van der Waals surface area contributed by atoms with Crippen LogP contribution in [0, 0.1) is 6.92 Å². The third kappa shape index (κ3) is 2.43. The molecule has 0 saturated carbocycles. The molecule has 0 aliphatic carbocycles. The summed E-state index contributed by atoms with van der Waals surface area (Å²) >= 11 is 0. The summed E-state index contributed by atoms with van der Waals surface area (Å²) in [5, 5.41) is 1.17. The van der Waals surface area contributed by atoms with E-state index in [9.17, 15) is 0 Å². The minimum Gasteiger partial charge on any atom is -0.399 e. The fourth-order valence-corrected chi connectivity index (χ4v) is 2.94. The molecule has 2 aromatic rings. The number of ether oxygens (including phenoxy) is 1. The van der Waals surface area contributed by atoms with Gasteiger partial charge in [0.05, 0.1) is 11.6 Å². The summed E-state index contributed by atoms with van der Waals surface area (Å²) in [6, 6.07) is 8.12. The van der Waals surface area contributed by atoms with E-state index in [4.69, 9.17) is 10.5 Å². The Bertz CT molecular complexity index is 621. The van der Waals surface area contributed by atoms with Gasteiger partial charge in [-0.1, -0.05) is 0 Å². The second kappa shape index (κ2) is 5.29. The molecule has 1 aliphatic rings. The van der Waals surface area contributed by atoms with Crippen LogP contribution in [-0.4, -0.2) is 30.8 Å². The maximum Gasteiger partial charge on any atom is 0.0766 e. The van der Waals surface area contributed by atoms with Crippen molar-refractivity contribution in [3.05, 3.63) is 30.0 Å². The Morgan fingerprint density at radius 1 is 1.40 bits per heavy atom. The van der Waals surface area contributed by atoms with Gasteiger partial charge in [0.2, 0.25) is 0 Å². The molecular formula is C16H21N3O. The van der Waals surface area contributed by atoms with E-state index in [1.54, 1.807) is 0 Å². The normalized spacial score (nSPS) is 18.9. The van der Waals surface area contributed by atoms with E-state index in [0.29, 0.717) is 6.10 Å². The molecule has 4 nitrogen and oxygen atoms in total. The average molecular weight is 271 g/mol. The largest absolute Gasteiger partial charge is 0.399 e. The number of nitrogens with zero attached hydrogens (tertiary/aromatic N) is 2. The lowest BCUT2D eigenvalue weighted by Gasteiger charge is -2.21. The van der Waals surface area contributed by atoms with Crippen molar-refractivity contribution in [2.24, 2.45) is 0 Å². The van der Waals surface area contributed by atoms with Crippen LogP contribution < -0.4 is 10.6 Å². The van der Waals surface area contributed by atoms with Crippen molar-refractivity contribution in [3.8, 4) is 0 Å². The van der Waals surface area contributed by atoms with E-state index in [0.717, 1.165) is 43.0 Å². The van der Waals surface area contributed by atoms with Crippen LogP contribution in [0.5, 0.6) is 0 Å². The van der Waals surface area contributed by atoms with Crippen molar-refractivity contribution in [3.63, 3.8) is 0 Å². The molecule has 0 spiro atoms. The number of hydrogen-bond acceptors (Lipinski definition) is 4. The Kier molecular flexibility index (Phi) is 3.49. The maximum atomic E-state index is 5.87. The first-order chi connectivity index (χ1) is 9.67. The molecule has 3 rings (SSSR count). The molecule has 0 unspecified atom stereocenters. The summed E-state index contributed by atoms with van der Waals surface area (Å²) < 4.78 is 5.74. The molecule has 1 fully saturated rings. The summed E-state index contributed by atoms with van der Waals surface area (Å²) in [6.45, 7) is 6.86. The lowest BCUT2D eigenvalue weighted by molar-refractivity contribution is 0.0788. The summed E-state index contributed by atoms with van der Waals surface area (Å²) in [6.07, 6.45) is 1.43. The second-order valence-corrected chi connectivity index (χ2v) is 5.37. The predicted octanol–water partition coefficient (Wildman–Crippen LogP) is 2.74. The van der Waals surface area contributed by atoms with Gasteiger partial charge in [0.25, 0.3) is 0 Å². The van der Waals surface area contributed by atoms with Crippen LogP contribution >= 0.6 is 0 Å². The predicted molar refractivity (Wildman–Crippen MR) is 83.1 cm³/mol. The highest BCUT2D eigenvalue weighted by molar-refractivity contribution is 5.93. The fourth-order valence-electron chi connectivity index (χ4n) is 2.94. The maximum absolute atomic E-state index is 5.87. The minimum absolute atomic E-state index is 0.345. The Hall–Kier alpha value is -1.81. The molecule has 1 aromatic carbocycles. The number of aromatic nitrogens is 1. The monoisotopic (exact) mass is 271 g/mol. The number of hydrogen-bond donors (Lipinski definition) is 1. The van der Waals surface area contributed by atoms with E-state index in [1.165, 1.54) is 11.1 Å². The minimum atomic E-state index is 0.345. The summed E-state index contributed by atoms with van der Waals surface area (Å²) in [4.78, 5) is 6.98. The van der Waals surface area contributed by atoms with Gasteiger partial charge in [-0.25, -0.2) is 0 Å². The Morgan fingerprint density at radius 2 is 2.25 bits per heavy atom. The fraction of sp³-hybridized carbons (Fsp3) is 0.438. The SMILES string of the molecule is CCO[C@H]1CCN(c2cc(C)nc3cc(N)ccc23)C1. The van der Waals surface area contributed by atoms with Crippen LogP contribution in [0.2, 0.25) is 0 Å². The van der Waals surface area contributed by atoms with Crippen molar-refractivity contribution < 1.29 is 4.74 Å². The molecular weight excluding hydrogens is 250 g/mol. The van der Waals surface area contributed by atoms with Gasteiger partial charge in [-0.05, 0) is 44.5 Å². The first kappa shape index (κ1) is 13.2. The molecule has 2 N–H and O–H groups in total. The third-order valence-electron chi connectivity index (χ3n) is 3.83. The molecule has 0 bridgehead atoms. The van der Waals surface area contributed by atoms with Gasteiger partial charge in [-0.15, -0.1) is 0 Å². The van der Waals surface area contributed by atoms with Gasteiger partial charge in [-0.2, -0.15) is 0 Å². The van der Waals surface area contributed by atoms with Gasteiger partial charge >= 0.3 is 0 Å².